The van der Waals surface area contributed by atoms with Gasteiger partial charge in [0.1, 0.15) is 6.17 Å². The zero-order chi connectivity index (χ0) is 9.14. The Balaban J connectivity index is 3.10. The van der Waals surface area contributed by atoms with Crippen LogP contribution >= 0.6 is 0 Å². The highest BCUT2D eigenvalue weighted by molar-refractivity contribution is 5.83. The van der Waals surface area contributed by atoms with Gasteiger partial charge < -0.3 is 5.73 Å². The lowest BCUT2D eigenvalue weighted by atomic mass is 10.1. The van der Waals surface area contributed by atoms with E-state index in [0.717, 1.165) is 0 Å². The van der Waals surface area contributed by atoms with Gasteiger partial charge in [-0.1, -0.05) is 6.07 Å². The monoisotopic (exact) mass is 167 g/mol. The van der Waals surface area contributed by atoms with E-state index in [-0.39, 0.29) is 0 Å². The van der Waals surface area contributed by atoms with Gasteiger partial charge in [-0.05, 0) is 24.6 Å². The van der Waals surface area contributed by atoms with Crippen molar-refractivity contribution in [1.29, 1.82) is 0 Å². The second-order valence-corrected chi connectivity index (χ2v) is 2.62. The lowest BCUT2D eigenvalue weighted by molar-refractivity contribution is 0.112. The number of rotatable bonds is 2. The molecule has 2 nitrogen and oxygen atoms in total. The van der Waals surface area contributed by atoms with Crippen molar-refractivity contribution in [1.82, 2.24) is 0 Å². The molecule has 1 aromatic rings. The van der Waals surface area contributed by atoms with Crippen molar-refractivity contribution in [3.8, 4) is 0 Å². The van der Waals surface area contributed by atoms with E-state index in [4.69, 9.17) is 5.73 Å². The van der Waals surface area contributed by atoms with Crippen molar-refractivity contribution >= 4 is 12.0 Å². The molecular weight excluding hydrogens is 157 g/mol. The minimum atomic E-state index is -1.05. The van der Waals surface area contributed by atoms with Crippen LogP contribution < -0.4 is 5.73 Å². The quantitative estimate of drug-likeness (QED) is 0.541. The molecule has 0 radical (unpaired) electrons. The van der Waals surface area contributed by atoms with Crippen molar-refractivity contribution in [2.45, 2.75) is 13.1 Å². The lowest BCUT2D eigenvalue weighted by Gasteiger charge is -2.04. The molecule has 0 aromatic heterocycles. The third kappa shape index (κ3) is 1.61. The van der Waals surface area contributed by atoms with Gasteiger partial charge >= 0.3 is 0 Å². The predicted octanol–water partition coefficient (Wildman–Crippen LogP) is 2.11. The molecule has 1 atom stereocenters. The van der Waals surface area contributed by atoms with Crippen molar-refractivity contribution in [2.75, 3.05) is 5.73 Å². The van der Waals surface area contributed by atoms with Crippen LogP contribution in [-0.2, 0) is 0 Å². The number of anilines is 1. The molecule has 0 aliphatic rings. The number of aldehydes is 1. The molecule has 3 heteroatoms. The summed E-state index contributed by atoms with van der Waals surface area (Å²) in [6.45, 7) is 1.43. The second-order valence-electron chi connectivity index (χ2n) is 2.62. The summed E-state index contributed by atoms with van der Waals surface area (Å²) in [4.78, 5) is 10.3. The molecule has 0 bridgehead atoms. The van der Waals surface area contributed by atoms with E-state index in [9.17, 15) is 9.18 Å². The first-order valence-electron chi connectivity index (χ1n) is 3.64. The highest BCUT2D eigenvalue weighted by atomic mass is 19.1. The van der Waals surface area contributed by atoms with Crippen LogP contribution in [0.3, 0.4) is 0 Å². The summed E-state index contributed by atoms with van der Waals surface area (Å²) in [5, 5.41) is 0. The average Bonchev–Trinajstić information content (AvgIpc) is 2.04. The van der Waals surface area contributed by atoms with Crippen LogP contribution in [-0.4, -0.2) is 6.29 Å². The number of halogens is 1. The first kappa shape index (κ1) is 8.71. The van der Waals surface area contributed by atoms with Crippen LogP contribution in [0.2, 0.25) is 0 Å². The summed E-state index contributed by atoms with van der Waals surface area (Å²) in [7, 11) is 0. The van der Waals surface area contributed by atoms with Gasteiger partial charge in [0.2, 0.25) is 0 Å². The maximum absolute atomic E-state index is 12.7. The molecule has 0 aliphatic carbocycles. The normalized spacial score (nSPS) is 12.5. The Morgan fingerprint density at radius 2 is 2.25 bits per heavy atom. The molecule has 12 heavy (non-hydrogen) atoms. The third-order valence-electron chi connectivity index (χ3n) is 1.70. The van der Waals surface area contributed by atoms with Crippen molar-refractivity contribution < 1.29 is 9.18 Å². The number of hydrogen-bond acceptors (Lipinski definition) is 2. The van der Waals surface area contributed by atoms with Crippen LogP contribution in [0.25, 0.3) is 0 Å². The van der Waals surface area contributed by atoms with E-state index in [1.54, 1.807) is 6.07 Å². The molecule has 1 unspecified atom stereocenters. The van der Waals surface area contributed by atoms with Gasteiger partial charge in [-0.2, -0.15) is 0 Å². The summed E-state index contributed by atoms with van der Waals surface area (Å²) in [5.74, 6) is 0. The Labute approximate surface area is 70.2 Å². The molecule has 1 rings (SSSR count). The zero-order valence-corrected chi connectivity index (χ0v) is 6.75. The fraction of sp³-hybridized carbons (Fsp3) is 0.222. The Kier molecular flexibility index (Phi) is 2.43. The molecule has 0 fully saturated rings. The van der Waals surface area contributed by atoms with Crippen LogP contribution in [0.5, 0.6) is 0 Å². The smallest absolute Gasteiger partial charge is 0.152 e. The van der Waals surface area contributed by atoms with E-state index < -0.39 is 6.17 Å². The number of carbonyl (C=O) groups is 1. The number of nitrogens with two attached hydrogens (primary N) is 1. The highest BCUT2D eigenvalue weighted by Crippen LogP contribution is 2.20. The summed E-state index contributed by atoms with van der Waals surface area (Å²) in [6, 6.07) is 4.56. The Hall–Kier alpha value is -1.38. The molecule has 0 heterocycles. The van der Waals surface area contributed by atoms with Crippen LogP contribution in [0.15, 0.2) is 18.2 Å². The largest absolute Gasteiger partial charge is 0.398 e. The summed E-state index contributed by atoms with van der Waals surface area (Å²) in [5.41, 5.74) is 6.70. The molecular formula is C9H10FNO. The third-order valence-corrected chi connectivity index (χ3v) is 1.70. The highest BCUT2D eigenvalue weighted by Gasteiger charge is 2.04. The van der Waals surface area contributed by atoms with Gasteiger partial charge in [0.15, 0.2) is 6.29 Å². The standard InChI is InChI=1S/C9H10FNO/c1-6(10)7-2-3-8(5-12)9(11)4-7/h2-6H,11H2,1H3. The number of carbonyl (C=O) groups excluding carboxylic acids is 1. The number of hydrogen-bond donors (Lipinski definition) is 1. The Bertz CT molecular complexity index is 297. The van der Waals surface area contributed by atoms with Crippen molar-refractivity contribution in [3.05, 3.63) is 29.3 Å². The molecule has 0 spiro atoms. The fourth-order valence-electron chi connectivity index (χ4n) is 0.948. The van der Waals surface area contributed by atoms with E-state index in [2.05, 4.69) is 0 Å². The van der Waals surface area contributed by atoms with Crippen LogP contribution in [0.1, 0.15) is 29.0 Å². The minimum Gasteiger partial charge on any atom is -0.398 e. The molecule has 0 saturated carbocycles. The number of benzene rings is 1. The van der Waals surface area contributed by atoms with E-state index in [0.29, 0.717) is 23.1 Å². The summed E-state index contributed by atoms with van der Waals surface area (Å²) in [6.07, 6.45) is -0.393. The second kappa shape index (κ2) is 3.34. The van der Waals surface area contributed by atoms with Gasteiger partial charge in [-0.15, -0.1) is 0 Å². The molecule has 0 saturated heterocycles. The fourth-order valence-corrected chi connectivity index (χ4v) is 0.948. The maximum atomic E-state index is 12.7. The number of alkyl halides is 1. The van der Waals surface area contributed by atoms with Crippen molar-refractivity contribution in [2.24, 2.45) is 0 Å². The molecule has 0 aliphatic heterocycles. The van der Waals surface area contributed by atoms with Crippen LogP contribution in [0, 0.1) is 0 Å². The first-order chi connectivity index (χ1) is 5.65. The molecule has 2 N–H and O–H groups in total. The first-order valence-corrected chi connectivity index (χ1v) is 3.64. The number of nitrogen functional groups attached to an aromatic ring is 1. The maximum Gasteiger partial charge on any atom is 0.152 e. The van der Waals surface area contributed by atoms with Crippen molar-refractivity contribution in [3.63, 3.8) is 0 Å². The van der Waals surface area contributed by atoms with E-state index in [1.165, 1.54) is 19.1 Å². The topological polar surface area (TPSA) is 43.1 Å². The zero-order valence-electron chi connectivity index (χ0n) is 6.75. The Morgan fingerprint density at radius 1 is 1.58 bits per heavy atom. The Morgan fingerprint density at radius 3 is 2.67 bits per heavy atom. The molecule has 1 aromatic carbocycles. The average molecular weight is 167 g/mol. The van der Waals surface area contributed by atoms with Gasteiger partial charge in [-0.3, -0.25) is 4.79 Å². The SMILES string of the molecule is CC(F)c1ccc(C=O)c(N)c1. The summed E-state index contributed by atoms with van der Waals surface area (Å²) >= 11 is 0. The van der Waals surface area contributed by atoms with Crippen LogP contribution in [0.4, 0.5) is 10.1 Å². The van der Waals surface area contributed by atoms with Gasteiger partial charge in [0.25, 0.3) is 0 Å². The van der Waals surface area contributed by atoms with E-state index >= 15 is 0 Å². The molecule has 64 valence electrons. The predicted molar refractivity (Wildman–Crippen MR) is 45.8 cm³/mol. The lowest BCUT2D eigenvalue weighted by Crippen LogP contribution is -1.95. The van der Waals surface area contributed by atoms with Gasteiger partial charge in [0.05, 0.1) is 0 Å². The van der Waals surface area contributed by atoms with Gasteiger partial charge in [0, 0.05) is 11.3 Å². The van der Waals surface area contributed by atoms with E-state index in [1.807, 2.05) is 0 Å². The molecule has 0 amide bonds. The minimum absolute atomic E-state index is 0.326. The summed E-state index contributed by atoms with van der Waals surface area (Å²) < 4.78 is 12.7. The van der Waals surface area contributed by atoms with Gasteiger partial charge in [-0.25, -0.2) is 4.39 Å².